The Morgan fingerprint density at radius 3 is 2.72 bits per heavy atom. The van der Waals surface area contributed by atoms with Crippen molar-refractivity contribution in [1.29, 1.82) is 0 Å². The Balaban J connectivity index is 1.95. The Morgan fingerprint density at radius 2 is 2.06 bits per heavy atom. The van der Waals surface area contributed by atoms with Crippen LogP contribution in [0.5, 0.6) is 0 Å². The molecule has 1 atom stereocenters. The number of hydrogen-bond donors (Lipinski definition) is 1. The van der Waals surface area contributed by atoms with E-state index in [0.29, 0.717) is 11.5 Å². The lowest BCUT2D eigenvalue weighted by molar-refractivity contribution is 0.366. The SMILES string of the molecule is CCC(C)(C)CN=C1NC(c2ccccc2)CS1. The molecule has 98 valence electrons. The Labute approximate surface area is 114 Å². The molecular formula is C15H22N2S. The molecule has 2 nitrogen and oxygen atoms in total. The maximum absolute atomic E-state index is 4.71. The molecule has 0 aliphatic carbocycles. The van der Waals surface area contributed by atoms with Crippen LogP contribution in [0.4, 0.5) is 0 Å². The molecule has 18 heavy (non-hydrogen) atoms. The molecule has 0 bridgehead atoms. The van der Waals surface area contributed by atoms with E-state index in [4.69, 9.17) is 4.99 Å². The molecule has 3 heteroatoms. The predicted molar refractivity (Wildman–Crippen MR) is 81.2 cm³/mol. The molecule has 0 saturated carbocycles. The molecule has 1 fully saturated rings. The molecule has 0 spiro atoms. The average molecular weight is 262 g/mol. The van der Waals surface area contributed by atoms with Crippen LogP contribution in [0.3, 0.4) is 0 Å². The van der Waals surface area contributed by atoms with Crippen LogP contribution in [-0.2, 0) is 0 Å². The number of rotatable bonds is 4. The molecule has 1 aromatic rings. The number of nitrogens with one attached hydrogen (secondary N) is 1. The zero-order valence-corrected chi connectivity index (χ0v) is 12.3. The van der Waals surface area contributed by atoms with E-state index in [1.165, 1.54) is 5.56 Å². The van der Waals surface area contributed by atoms with Gasteiger partial charge in [0, 0.05) is 12.3 Å². The van der Waals surface area contributed by atoms with Gasteiger partial charge in [0.2, 0.25) is 0 Å². The highest BCUT2D eigenvalue weighted by Gasteiger charge is 2.22. The number of benzene rings is 1. The summed E-state index contributed by atoms with van der Waals surface area (Å²) < 4.78 is 0. The largest absolute Gasteiger partial charge is 0.357 e. The van der Waals surface area contributed by atoms with Gasteiger partial charge in [-0.2, -0.15) is 0 Å². The van der Waals surface area contributed by atoms with Gasteiger partial charge in [0.15, 0.2) is 5.17 Å². The third-order valence-corrected chi connectivity index (χ3v) is 4.51. The zero-order valence-electron chi connectivity index (χ0n) is 11.4. The fourth-order valence-electron chi connectivity index (χ4n) is 1.75. The van der Waals surface area contributed by atoms with Crippen molar-refractivity contribution in [2.24, 2.45) is 10.4 Å². The standard InChI is InChI=1S/C15H22N2S/c1-4-15(2,3)11-16-14-17-13(10-18-14)12-8-6-5-7-9-12/h5-9,13H,4,10-11H2,1-3H3,(H,16,17). The summed E-state index contributed by atoms with van der Waals surface area (Å²) in [5.74, 6) is 1.08. The van der Waals surface area contributed by atoms with Gasteiger partial charge in [0.25, 0.3) is 0 Å². The van der Waals surface area contributed by atoms with Crippen LogP contribution in [0.1, 0.15) is 38.8 Å². The van der Waals surface area contributed by atoms with E-state index in [-0.39, 0.29) is 0 Å². The second-order valence-electron chi connectivity index (χ2n) is 5.56. The Kier molecular flexibility index (Phi) is 4.33. The van der Waals surface area contributed by atoms with Crippen LogP contribution in [0.2, 0.25) is 0 Å². The summed E-state index contributed by atoms with van der Waals surface area (Å²) in [4.78, 5) is 4.71. The molecule has 1 saturated heterocycles. The van der Waals surface area contributed by atoms with Gasteiger partial charge in [0.05, 0.1) is 6.04 Å². The summed E-state index contributed by atoms with van der Waals surface area (Å²) in [6.45, 7) is 7.67. The zero-order chi connectivity index (χ0) is 13.0. The van der Waals surface area contributed by atoms with Crippen molar-refractivity contribution in [2.75, 3.05) is 12.3 Å². The molecule has 2 rings (SSSR count). The van der Waals surface area contributed by atoms with Gasteiger partial charge in [-0.05, 0) is 17.4 Å². The molecule has 1 aromatic carbocycles. The van der Waals surface area contributed by atoms with E-state index >= 15 is 0 Å². The first-order valence-corrected chi connectivity index (χ1v) is 7.58. The van der Waals surface area contributed by atoms with Crippen molar-refractivity contribution in [3.8, 4) is 0 Å². The van der Waals surface area contributed by atoms with E-state index in [2.05, 4.69) is 56.4 Å². The number of nitrogens with zero attached hydrogens (tertiary/aromatic N) is 1. The lowest BCUT2D eigenvalue weighted by atomic mass is 9.91. The van der Waals surface area contributed by atoms with Crippen LogP contribution in [0, 0.1) is 5.41 Å². The van der Waals surface area contributed by atoms with Crippen molar-refractivity contribution >= 4 is 16.9 Å². The summed E-state index contributed by atoms with van der Waals surface area (Å²) in [6, 6.07) is 11.0. The first-order chi connectivity index (χ1) is 8.61. The van der Waals surface area contributed by atoms with Gasteiger partial charge in [-0.1, -0.05) is 62.9 Å². The van der Waals surface area contributed by atoms with Gasteiger partial charge in [-0.15, -0.1) is 0 Å². The molecule has 0 aromatic heterocycles. The van der Waals surface area contributed by atoms with E-state index in [1.807, 2.05) is 11.8 Å². The number of hydrogen-bond acceptors (Lipinski definition) is 2. The van der Waals surface area contributed by atoms with Gasteiger partial charge in [-0.3, -0.25) is 4.99 Å². The monoisotopic (exact) mass is 262 g/mol. The summed E-state index contributed by atoms with van der Waals surface area (Å²) >= 11 is 1.84. The summed E-state index contributed by atoms with van der Waals surface area (Å²) in [5.41, 5.74) is 1.66. The van der Waals surface area contributed by atoms with Gasteiger partial charge in [0.1, 0.15) is 0 Å². The van der Waals surface area contributed by atoms with Crippen LogP contribution >= 0.6 is 11.8 Å². The number of amidine groups is 1. The van der Waals surface area contributed by atoms with E-state index in [1.54, 1.807) is 0 Å². The lowest BCUT2D eigenvalue weighted by Gasteiger charge is -2.19. The van der Waals surface area contributed by atoms with Gasteiger partial charge < -0.3 is 5.32 Å². The highest BCUT2D eigenvalue weighted by atomic mass is 32.2. The van der Waals surface area contributed by atoms with E-state index in [0.717, 1.165) is 23.9 Å². The second-order valence-corrected chi connectivity index (χ2v) is 6.57. The fraction of sp³-hybridized carbons (Fsp3) is 0.533. The summed E-state index contributed by atoms with van der Waals surface area (Å²) in [5, 5.41) is 4.62. The quantitative estimate of drug-likeness (QED) is 0.891. The average Bonchev–Trinajstić information content (AvgIpc) is 2.86. The Hall–Kier alpha value is -0.960. The third kappa shape index (κ3) is 3.52. The maximum atomic E-state index is 4.71. The van der Waals surface area contributed by atoms with Crippen LogP contribution in [-0.4, -0.2) is 17.5 Å². The highest BCUT2D eigenvalue weighted by Crippen LogP contribution is 2.27. The van der Waals surface area contributed by atoms with Crippen LogP contribution < -0.4 is 5.32 Å². The van der Waals surface area contributed by atoms with E-state index in [9.17, 15) is 0 Å². The molecule has 0 amide bonds. The maximum Gasteiger partial charge on any atom is 0.157 e. The molecule has 1 heterocycles. The predicted octanol–water partition coefficient (Wildman–Crippen LogP) is 3.86. The first kappa shape index (κ1) is 13.5. The van der Waals surface area contributed by atoms with Crippen molar-refractivity contribution in [2.45, 2.75) is 33.2 Å². The summed E-state index contributed by atoms with van der Waals surface area (Å²) in [6.07, 6.45) is 1.16. The van der Waals surface area contributed by atoms with Crippen molar-refractivity contribution < 1.29 is 0 Å². The molecular weight excluding hydrogens is 240 g/mol. The van der Waals surface area contributed by atoms with Crippen molar-refractivity contribution in [3.63, 3.8) is 0 Å². The topological polar surface area (TPSA) is 24.4 Å². The highest BCUT2D eigenvalue weighted by molar-refractivity contribution is 8.14. The second kappa shape index (κ2) is 5.79. The number of thioether (sulfide) groups is 1. The molecule has 1 aliphatic heterocycles. The fourth-order valence-corrected chi connectivity index (χ4v) is 2.73. The molecule has 1 unspecified atom stereocenters. The minimum Gasteiger partial charge on any atom is -0.357 e. The molecule has 0 radical (unpaired) electrons. The Bertz CT molecular complexity index is 412. The smallest absolute Gasteiger partial charge is 0.157 e. The minimum atomic E-state index is 0.306. The van der Waals surface area contributed by atoms with Crippen molar-refractivity contribution in [3.05, 3.63) is 35.9 Å². The third-order valence-electron chi connectivity index (χ3n) is 3.49. The minimum absolute atomic E-state index is 0.306. The van der Waals surface area contributed by atoms with Crippen LogP contribution in [0.15, 0.2) is 35.3 Å². The summed E-state index contributed by atoms with van der Waals surface area (Å²) in [7, 11) is 0. The molecule has 1 aliphatic rings. The van der Waals surface area contributed by atoms with Crippen molar-refractivity contribution in [1.82, 2.24) is 5.32 Å². The van der Waals surface area contributed by atoms with E-state index < -0.39 is 0 Å². The first-order valence-electron chi connectivity index (χ1n) is 6.59. The van der Waals surface area contributed by atoms with Crippen LogP contribution in [0.25, 0.3) is 0 Å². The van der Waals surface area contributed by atoms with Gasteiger partial charge >= 0.3 is 0 Å². The normalized spacial score (nSPS) is 22.2. The molecule has 1 N–H and O–H groups in total. The number of aliphatic imine (C=N–C) groups is 1. The lowest BCUT2D eigenvalue weighted by Crippen LogP contribution is -2.21. The Morgan fingerprint density at radius 1 is 1.33 bits per heavy atom. The van der Waals surface area contributed by atoms with Gasteiger partial charge in [-0.25, -0.2) is 0 Å².